The van der Waals surface area contributed by atoms with E-state index in [9.17, 15) is 0 Å². The van der Waals surface area contributed by atoms with Crippen molar-refractivity contribution >= 4 is 11.3 Å². The zero-order valence-corrected chi connectivity index (χ0v) is 12.5. The Morgan fingerprint density at radius 1 is 1.21 bits per heavy atom. The van der Waals surface area contributed by atoms with Gasteiger partial charge in [-0.15, -0.1) is 11.3 Å². The van der Waals surface area contributed by atoms with Gasteiger partial charge in [-0.05, 0) is 36.0 Å². The fourth-order valence-electron chi connectivity index (χ4n) is 2.30. The summed E-state index contributed by atoms with van der Waals surface area (Å²) in [5.74, 6) is 0. The Morgan fingerprint density at radius 3 is 2.47 bits per heavy atom. The van der Waals surface area contributed by atoms with Gasteiger partial charge in [-0.1, -0.05) is 37.3 Å². The minimum atomic E-state index is 0.285. The highest BCUT2D eigenvalue weighted by Crippen LogP contribution is 2.22. The molecule has 0 aliphatic rings. The molecule has 0 saturated heterocycles. The summed E-state index contributed by atoms with van der Waals surface area (Å²) in [6.07, 6.45) is 1.08. The van der Waals surface area contributed by atoms with Gasteiger partial charge in [-0.25, -0.2) is 0 Å². The first-order valence-corrected chi connectivity index (χ1v) is 7.64. The van der Waals surface area contributed by atoms with Gasteiger partial charge < -0.3 is 5.73 Å². The molecule has 0 saturated carbocycles. The Labute approximate surface area is 119 Å². The molecule has 0 spiro atoms. The predicted molar refractivity (Wildman–Crippen MR) is 83.4 cm³/mol. The fraction of sp³-hybridized carbons (Fsp3) is 0.375. The van der Waals surface area contributed by atoms with Gasteiger partial charge in [0.05, 0.1) is 0 Å². The number of nitrogens with two attached hydrogens (primary N) is 1. The lowest BCUT2D eigenvalue weighted by Gasteiger charge is -2.27. The van der Waals surface area contributed by atoms with Crippen LogP contribution in [-0.4, -0.2) is 18.5 Å². The highest BCUT2D eigenvalue weighted by Gasteiger charge is 2.15. The summed E-state index contributed by atoms with van der Waals surface area (Å²) in [4.78, 5) is 3.71. The van der Waals surface area contributed by atoms with E-state index in [2.05, 4.69) is 60.6 Å². The molecule has 2 N–H and O–H groups in total. The standard InChI is InChI=1S/C16H22N2S/c1-3-13-6-8-14(9-7-13)16(11-17)18(2)12-15-5-4-10-19-15/h4-10,16H,3,11-12,17H2,1-2H3. The van der Waals surface area contributed by atoms with Crippen molar-refractivity contribution in [2.75, 3.05) is 13.6 Å². The third kappa shape index (κ3) is 3.66. The molecule has 1 atom stereocenters. The van der Waals surface area contributed by atoms with Crippen molar-refractivity contribution in [1.82, 2.24) is 4.90 Å². The Morgan fingerprint density at radius 2 is 1.95 bits per heavy atom. The van der Waals surface area contributed by atoms with Gasteiger partial charge in [-0.2, -0.15) is 0 Å². The molecule has 102 valence electrons. The van der Waals surface area contributed by atoms with E-state index in [0.29, 0.717) is 6.54 Å². The lowest BCUT2D eigenvalue weighted by Crippen LogP contribution is -2.29. The van der Waals surface area contributed by atoms with Crippen LogP contribution in [-0.2, 0) is 13.0 Å². The summed E-state index contributed by atoms with van der Waals surface area (Å²) >= 11 is 1.80. The summed E-state index contributed by atoms with van der Waals surface area (Å²) < 4.78 is 0. The molecule has 0 aliphatic carbocycles. The van der Waals surface area contributed by atoms with E-state index in [1.165, 1.54) is 16.0 Å². The van der Waals surface area contributed by atoms with Gasteiger partial charge in [0.25, 0.3) is 0 Å². The van der Waals surface area contributed by atoms with Crippen molar-refractivity contribution in [3.05, 3.63) is 57.8 Å². The minimum absolute atomic E-state index is 0.285. The monoisotopic (exact) mass is 274 g/mol. The topological polar surface area (TPSA) is 29.3 Å². The first-order valence-electron chi connectivity index (χ1n) is 6.76. The van der Waals surface area contributed by atoms with E-state index in [0.717, 1.165) is 13.0 Å². The lowest BCUT2D eigenvalue weighted by atomic mass is 10.0. The maximum atomic E-state index is 5.97. The Bertz CT molecular complexity index is 476. The van der Waals surface area contributed by atoms with Crippen molar-refractivity contribution in [3.63, 3.8) is 0 Å². The summed E-state index contributed by atoms with van der Waals surface area (Å²) in [6.45, 7) is 3.78. The Balaban J connectivity index is 2.09. The maximum absolute atomic E-state index is 5.97. The van der Waals surface area contributed by atoms with Gasteiger partial charge in [0, 0.05) is 24.0 Å². The molecule has 0 bridgehead atoms. The smallest absolute Gasteiger partial charge is 0.0471 e. The van der Waals surface area contributed by atoms with Crippen LogP contribution < -0.4 is 5.73 Å². The van der Waals surface area contributed by atoms with Crippen molar-refractivity contribution in [2.45, 2.75) is 25.9 Å². The minimum Gasteiger partial charge on any atom is -0.329 e. The molecule has 2 rings (SSSR count). The molecule has 19 heavy (non-hydrogen) atoms. The van der Waals surface area contributed by atoms with E-state index in [4.69, 9.17) is 5.73 Å². The average molecular weight is 274 g/mol. The third-order valence-corrected chi connectivity index (χ3v) is 4.37. The van der Waals surface area contributed by atoms with E-state index in [1.807, 2.05) is 0 Å². The van der Waals surface area contributed by atoms with Crippen molar-refractivity contribution in [3.8, 4) is 0 Å². The van der Waals surface area contributed by atoms with Crippen LogP contribution in [0.15, 0.2) is 41.8 Å². The molecule has 2 aromatic rings. The van der Waals surface area contributed by atoms with Crippen molar-refractivity contribution in [2.24, 2.45) is 5.73 Å². The zero-order chi connectivity index (χ0) is 13.7. The molecule has 0 aliphatic heterocycles. The highest BCUT2D eigenvalue weighted by molar-refractivity contribution is 7.09. The predicted octanol–water partition coefficient (Wildman–Crippen LogP) is 3.44. The van der Waals surface area contributed by atoms with Crippen LogP contribution in [0.25, 0.3) is 0 Å². The van der Waals surface area contributed by atoms with Crippen LogP contribution in [0.5, 0.6) is 0 Å². The molecule has 0 radical (unpaired) electrons. The fourth-order valence-corrected chi connectivity index (χ4v) is 3.07. The molecular formula is C16H22N2S. The number of benzene rings is 1. The number of likely N-dealkylation sites (N-methyl/N-ethyl adjacent to an activating group) is 1. The van der Waals surface area contributed by atoms with Crippen LogP contribution in [0.4, 0.5) is 0 Å². The number of nitrogens with zero attached hydrogens (tertiary/aromatic N) is 1. The summed E-state index contributed by atoms with van der Waals surface area (Å²) in [6, 6.07) is 13.4. The van der Waals surface area contributed by atoms with E-state index in [1.54, 1.807) is 11.3 Å². The summed E-state index contributed by atoms with van der Waals surface area (Å²) in [5.41, 5.74) is 8.65. The van der Waals surface area contributed by atoms with E-state index in [-0.39, 0.29) is 6.04 Å². The Kier molecular flexibility index (Phi) is 5.14. The molecule has 1 aromatic heterocycles. The van der Waals surface area contributed by atoms with Crippen LogP contribution in [0.3, 0.4) is 0 Å². The molecule has 0 fully saturated rings. The summed E-state index contributed by atoms with van der Waals surface area (Å²) in [5, 5.41) is 2.12. The first kappa shape index (κ1) is 14.3. The number of hydrogen-bond acceptors (Lipinski definition) is 3. The van der Waals surface area contributed by atoms with Gasteiger partial charge in [0.1, 0.15) is 0 Å². The second kappa shape index (κ2) is 6.85. The number of hydrogen-bond donors (Lipinski definition) is 1. The maximum Gasteiger partial charge on any atom is 0.0471 e. The lowest BCUT2D eigenvalue weighted by molar-refractivity contribution is 0.244. The van der Waals surface area contributed by atoms with Crippen LogP contribution in [0, 0.1) is 0 Å². The van der Waals surface area contributed by atoms with E-state index < -0.39 is 0 Å². The van der Waals surface area contributed by atoms with Crippen LogP contribution in [0.1, 0.15) is 29.0 Å². The van der Waals surface area contributed by atoms with Crippen LogP contribution in [0.2, 0.25) is 0 Å². The number of aryl methyl sites for hydroxylation is 1. The van der Waals surface area contributed by atoms with Gasteiger partial charge in [-0.3, -0.25) is 4.90 Å². The highest BCUT2D eigenvalue weighted by atomic mass is 32.1. The van der Waals surface area contributed by atoms with Crippen molar-refractivity contribution < 1.29 is 0 Å². The first-order chi connectivity index (χ1) is 9.24. The quantitative estimate of drug-likeness (QED) is 0.874. The molecule has 3 heteroatoms. The van der Waals surface area contributed by atoms with Gasteiger partial charge in [0.15, 0.2) is 0 Å². The molecule has 1 heterocycles. The second-order valence-corrected chi connectivity index (χ2v) is 5.87. The molecule has 1 aromatic carbocycles. The normalized spacial score (nSPS) is 12.8. The molecule has 2 nitrogen and oxygen atoms in total. The molecule has 0 amide bonds. The largest absolute Gasteiger partial charge is 0.329 e. The van der Waals surface area contributed by atoms with E-state index >= 15 is 0 Å². The molecular weight excluding hydrogens is 252 g/mol. The summed E-state index contributed by atoms with van der Waals surface area (Å²) in [7, 11) is 2.14. The van der Waals surface area contributed by atoms with Gasteiger partial charge in [0.2, 0.25) is 0 Å². The van der Waals surface area contributed by atoms with Gasteiger partial charge >= 0.3 is 0 Å². The number of thiophene rings is 1. The second-order valence-electron chi connectivity index (χ2n) is 4.84. The Hall–Kier alpha value is -1.16. The third-order valence-electron chi connectivity index (χ3n) is 3.51. The number of rotatable bonds is 6. The average Bonchev–Trinajstić information content (AvgIpc) is 2.93. The van der Waals surface area contributed by atoms with Crippen molar-refractivity contribution in [1.29, 1.82) is 0 Å². The van der Waals surface area contributed by atoms with Crippen LogP contribution >= 0.6 is 11.3 Å². The zero-order valence-electron chi connectivity index (χ0n) is 11.7. The molecule has 1 unspecified atom stereocenters. The SMILES string of the molecule is CCc1ccc(C(CN)N(C)Cc2cccs2)cc1.